The molecule has 2 rings (SSSR count). The maximum Gasteiger partial charge on any atom is 0.251 e. The summed E-state index contributed by atoms with van der Waals surface area (Å²) in [6.07, 6.45) is 1.13. The maximum absolute atomic E-state index is 11.6. The van der Waals surface area contributed by atoms with Gasteiger partial charge in [0.2, 0.25) is 0 Å². The molecular weight excluding hydrogens is 268 g/mol. The van der Waals surface area contributed by atoms with Gasteiger partial charge in [0.05, 0.1) is 10.7 Å². The zero-order valence-electron chi connectivity index (χ0n) is 10.5. The van der Waals surface area contributed by atoms with Crippen molar-refractivity contribution in [1.82, 2.24) is 5.32 Å². The fraction of sp³-hybridized carbons (Fsp3) is 0.462. The van der Waals surface area contributed by atoms with Gasteiger partial charge in [0.15, 0.2) is 0 Å². The largest absolute Gasteiger partial charge is 0.380 e. The van der Waals surface area contributed by atoms with Crippen molar-refractivity contribution in [3.8, 4) is 0 Å². The van der Waals surface area contributed by atoms with Crippen LogP contribution in [0.15, 0.2) is 18.2 Å². The minimum Gasteiger partial charge on any atom is -0.380 e. The minimum absolute atomic E-state index is 0.0936. The number of nitrogens with one attached hydrogen (secondary N) is 2. The highest BCUT2D eigenvalue weighted by atomic mass is 35.5. The Balaban J connectivity index is 2.13. The first kappa shape index (κ1) is 13.6. The van der Waals surface area contributed by atoms with E-state index in [-0.39, 0.29) is 5.91 Å². The van der Waals surface area contributed by atoms with Crippen molar-refractivity contribution >= 4 is 35.0 Å². The average molecular weight is 285 g/mol. The fourth-order valence-corrected chi connectivity index (χ4v) is 3.38. The predicted octanol–water partition coefficient (Wildman–Crippen LogP) is 3.01. The van der Waals surface area contributed by atoms with Crippen LogP contribution in [0.25, 0.3) is 0 Å². The lowest BCUT2D eigenvalue weighted by molar-refractivity contribution is 0.0963. The van der Waals surface area contributed by atoms with Gasteiger partial charge in [-0.15, -0.1) is 0 Å². The molecule has 1 saturated heterocycles. The van der Waals surface area contributed by atoms with Crippen molar-refractivity contribution in [2.75, 3.05) is 18.1 Å². The third kappa shape index (κ3) is 3.12. The van der Waals surface area contributed by atoms with Gasteiger partial charge in [-0.2, -0.15) is 11.8 Å². The fourth-order valence-electron chi connectivity index (χ4n) is 2.06. The van der Waals surface area contributed by atoms with Crippen LogP contribution in [0.1, 0.15) is 23.7 Å². The van der Waals surface area contributed by atoms with Gasteiger partial charge in [-0.1, -0.05) is 18.5 Å². The molecule has 2 N–H and O–H groups in total. The van der Waals surface area contributed by atoms with E-state index < -0.39 is 0 Å². The number of rotatable bonds is 3. The summed E-state index contributed by atoms with van der Waals surface area (Å²) in [4.78, 5) is 11.6. The van der Waals surface area contributed by atoms with Crippen molar-refractivity contribution in [2.45, 2.75) is 24.6 Å². The molecule has 0 radical (unpaired) electrons. The first-order chi connectivity index (χ1) is 8.60. The van der Waals surface area contributed by atoms with E-state index in [0.717, 1.165) is 17.9 Å². The van der Waals surface area contributed by atoms with E-state index in [1.54, 1.807) is 19.2 Å². The normalized spacial score (nSPS) is 22.8. The number of carbonyl (C=O) groups is 1. The van der Waals surface area contributed by atoms with Crippen LogP contribution in [-0.2, 0) is 0 Å². The van der Waals surface area contributed by atoms with E-state index in [1.807, 2.05) is 17.8 Å². The zero-order valence-corrected chi connectivity index (χ0v) is 12.1. The van der Waals surface area contributed by atoms with Crippen LogP contribution < -0.4 is 10.6 Å². The van der Waals surface area contributed by atoms with E-state index in [1.165, 1.54) is 0 Å². The van der Waals surface area contributed by atoms with Crippen LogP contribution in [0.3, 0.4) is 0 Å². The highest BCUT2D eigenvalue weighted by molar-refractivity contribution is 8.00. The highest BCUT2D eigenvalue weighted by Crippen LogP contribution is 2.31. The molecule has 1 aromatic rings. The molecule has 3 nitrogen and oxygen atoms in total. The van der Waals surface area contributed by atoms with Crippen molar-refractivity contribution < 1.29 is 4.79 Å². The van der Waals surface area contributed by atoms with Crippen LogP contribution in [0.2, 0.25) is 5.02 Å². The predicted molar refractivity (Wildman–Crippen MR) is 78.8 cm³/mol. The third-order valence-electron chi connectivity index (χ3n) is 3.01. The Kier molecular flexibility index (Phi) is 4.40. The van der Waals surface area contributed by atoms with E-state index in [9.17, 15) is 4.79 Å². The lowest BCUT2D eigenvalue weighted by Crippen LogP contribution is -2.21. The first-order valence-corrected chi connectivity index (χ1v) is 7.42. The van der Waals surface area contributed by atoms with Crippen molar-refractivity contribution in [1.29, 1.82) is 0 Å². The molecule has 1 aliphatic heterocycles. The molecule has 1 fully saturated rings. The Bertz CT molecular complexity index is 453. The summed E-state index contributed by atoms with van der Waals surface area (Å²) in [5.74, 6) is 0.991. The molecule has 1 aromatic carbocycles. The van der Waals surface area contributed by atoms with E-state index >= 15 is 0 Å². The number of thioether (sulfide) groups is 1. The van der Waals surface area contributed by atoms with Crippen LogP contribution >= 0.6 is 23.4 Å². The molecule has 0 bridgehead atoms. The van der Waals surface area contributed by atoms with E-state index in [4.69, 9.17) is 11.6 Å². The molecule has 2 atom stereocenters. The Hall–Kier alpha value is -0.870. The van der Waals surface area contributed by atoms with Crippen molar-refractivity contribution in [3.05, 3.63) is 28.8 Å². The quantitative estimate of drug-likeness (QED) is 0.896. The Morgan fingerprint density at radius 2 is 2.28 bits per heavy atom. The van der Waals surface area contributed by atoms with E-state index in [0.29, 0.717) is 21.9 Å². The second-order valence-electron chi connectivity index (χ2n) is 4.49. The Labute approximate surface area is 117 Å². The van der Waals surface area contributed by atoms with Gasteiger partial charge in [-0.25, -0.2) is 0 Å². The number of hydrogen-bond acceptors (Lipinski definition) is 3. The number of halogens is 1. The van der Waals surface area contributed by atoms with Crippen LogP contribution in [-0.4, -0.2) is 30.0 Å². The lowest BCUT2D eigenvalue weighted by Gasteiger charge is -2.15. The van der Waals surface area contributed by atoms with Gasteiger partial charge in [-0.3, -0.25) is 4.79 Å². The third-order valence-corrected chi connectivity index (χ3v) is 4.70. The van der Waals surface area contributed by atoms with Crippen molar-refractivity contribution in [2.24, 2.45) is 0 Å². The maximum atomic E-state index is 11.6. The molecule has 18 heavy (non-hydrogen) atoms. The molecule has 1 amide bonds. The van der Waals surface area contributed by atoms with Gasteiger partial charge < -0.3 is 10.6 Å². The Morgan fingerprint density at radius 1 is 1.50 bits per heavy atom. The smallest absolute Gasteiger partial charge is 0.251 e. The molecule has 5 heteroatoms. The Morgan fingerprint density at radius 3 is 2.89 bits per heavy atom. The minimum atomic E-state index is -0.0936. The van der Waals surface area contributed by atoms with Crippen molar-refractivity contribution in [3.63, 3.8) is 0 Å². The van der Waals surface area contributed by atoms with Crippen LogP contribution in [0.5, 0.6) is 0 Å². The molecule has 0 saturated carbocycles. The summed E-state index contributed by atoms with van der Waals surface area (Å²) < 4.78 is 0. The molecule has 0 aliphatic carbocycles. The molecular formula is C13H17ClN2OS. The topological polar surface area (TPSA) is 41.1 Å². The van der Waals surface area contributed by atoms with Gasteiger partial charge in [0, 0.05) is 29.7 Å². The van der Waals surface area contributed by atoms with E-state index in [2.05, 4.69) is 17.6 Å². The second-order valence-corrected chi connectivity index (χ2v) is 6.37. The summed E-state index contributed by atoms with van der Waals surface area (Å²) in [5, 5.41) is 7.38. The summed E-state index contributed by atoms with van der Waals surface area (Å²) in [6.45, 7) is 2.23. The summed E-state index contributed by atoms with van der Waals surface area (Å²) in [6, 6.07) is 5.75. The van der Waals surface area contributed by atoms with Gasteiger partial charge in [0.25, 0.3) is 5.91 Å². The van der Waals surface area contributed by atoms with Gasteiger partial charge in [0.1, 0.15) is 0 Å². The second kappa shape index (κ2) is 5.85. The average Bonchev–Trinajstić information content (AvgIpc) is 2.76. The molecule has 1 aliphatic rings. The van der Waals surface area contributed by atoms with Gasteiger partial charge in [-0.05, 0) is 24.6 Å². The molecule has 98 valence electrons. The molecule has 2 unspecified atom stereocenters. The SMILES string of the molecule is CNC(=O)c1ccc(Cl)c(NC2CSC(C)C2)c1. The molecule has 0 spiro atoms. The summed E-state index contributed by atoms with van der Waals surface area (Å²) >= 11 is 8.12. The van der Waals surface area contributed by atoms with Gasteiger partial charge >= 0.3 is 0 Å². The standard InChI is InChI=1S/C13H17ClN2OS/c1-8-5-10(7-18-8)16-12-6-9(13(17)15-2)3-4-11(12)14/h3-4,6,8,10,16H,5,7H2,1-2H3,(H,15,17). The number of hydrogen-bond donors (Lipinski definition) is 2. The zero-order chi connectivity index (χ0) is 13.1. The molecule has 1 heterocycles. The number of amides is 1. The number of benzene rings is 1. The van der Waals surface area contributed by atoms with Crippen LogP contribution in [0.4, 0.5) is 5.69 Å². The number of carbonyl (C=O) groups excluding carboxylic acids is 1. The van der Waals surface area contributed by atoms with Crippen LogP contribution in [0, 0.1) is 0 Å². The number of anilines is 1. The molecule has 0 aromatic heterocycles. The lowest BCUT2D eigenvalue weighted by atomic mass is 10.1. The first-order valence-electron chi connectivity index (χ1n) is 6.00. The highest BCUT2D eigenvalue weighted by Gasteiger charge is 2.22. The summed E-state index contributed by atoms with van der Waals surface area (Å²) in [5.41, 5.74) is 1.47. The monoisotopic (exact) mass is 284 g/mol. The summed E-state index contributed by atoms with van der Waals surface area (Å²) in [7, 11) is 1.62.